The van der Waals surface area contributed by atoms with Gasteiger partial charge < -0.3 is 19.6 Å². The maximum atomic E-state index is 12.6. The number of fused-ring (bicyclic) bond motifs is 2. The van der Waals surface area contributed by atoms with Gasteiger partial charge in [-0.25, -0.2) is 0 Å². The predicted molar refractivity (Wildman–Crippen MR) is 95.8 cm³/mol. The van der Waals surface area contributed by atoms with Crippen LogP contribution in [0.5, 0.6) is 11.5 Å². The zero-order valence-electron chi connectivity index (χ0n) is 13.6. The lowest BCUT2D eigenvalue weighted by Crippen LogP contribution is -2.07. The lowest BCUT2D eigenvalue weighted by Gasteiger charge is -2.09. The van der Waals surface area contributed by atoms with Crippen molar-refractivity contribution < 1.29 is 14.3 Å². The van der Waals surface area contributed by atoms with Crippen LogP contribution in [0.1, 0.15) is 12.5 Å². The Bertz CT molecular complexity index is 1070. The van der Waals surface area contributed by atoms with Crippen molar-refractivity contribution in [1.82, 2.24) is 0 Å². The van der Waals surface area contributed by atoms with Gasteiger partial charge in [-0.1, -0.05) is 0 Å². The van der Waals surface area contributed by atoms with E-state index < -0.39 is 11.2 Å². The molecule has 0 aliphatic carbocycles. The lowest BCUT2D eigenvalue weighted by molar-refractivity contribution is 0.357. The molecule has 3 aromatic rings. The lowest BCUT2D eigenvalue weighted by atomic mass is 10.0. The first kappa shape index (κ1) is 15.3. The van der Waals surface area contributed by atoms with Crippen LogP contribution in [0.2, 0.25) is 0 Å². The molecule has 1 aliphatic heterocycles. The Hall–Kier alpha value is -3.28. The summed E-state index contributed by atoms with van der Waals surface area (Å²) in [6, 6.07) is 10.4. The van der Waals surface area contributed by atoms with Crippen molar-refractivity contribution >= 4 is 22.5 Å². The smallest absolute Gasteiger partial charge is 0.235 e. The Morgan fingerprint density at radius 3 is 2.88 bits per heavy atom. The summed E-state index contributed by atoms with van der Waals surface area (Å²) in [7, 11) is 0. The summed E-state index contributed by atoms with van der Waals surface area (Å²) in [5, 5.41) is 20.9. The molecule has 0 spiro atoms. The highest BCUT2D eigenvalue weighted by Gasteiger charge is 2.19. The zero-order chi connectivity index (χ0) is 17.6. The molecule has 4 rings (SSSR count). The van der Waals surface area contributed by atoms with Gasteiger partial charge in [0.15, 0.2) is 5.76 Å². The van der Waals surface area contributed by atoms with E-state index >= 15 is 0 Å². The zero-order valence-corrected chi connectivity index (χ0v) is 13.6. The van der Waals surface area contributed by atoms with Gasteiger partial charge in [0.2, 0.25) is 11.2 Å². The van der Waals surface area contributed by atoms with Crippen LogP contribution >= 0.6 is 0 Å². The Balaban J connectivity index is 1.87. The van der Waals surface area contributed by atoms with Gasteiger partial charge >= 0.3 is 0 Å². The molecule has 0 amide bonds. The molecular formula is C19H16N2O4. The molecule has 0 saturated heterocycles. The Morgan fingerprint density at radius 2 is 2.08 bits per heavy atom. The summed E-state index contributed by atoms with van der Waals surface area (Å²) in [5.41, 5.74) is 2.13. The topological polar surface area (TPSA) is 95.6 Å². The van der Waals surface area contributed by atoms with Crippen molar-refractivity contribution in [3.63, 3.8) is 0 Å². The van der Waals surface area contributed by atoms with E-state index in [0.717, 1.165) is 17.7 Å². The molecule has 6 nitrogen and oxygen atoms in total. The van der Waals surface area contributed by atoms with E-state index in [-0.39, 0.29) is 17.0 Å². The van der Waals surface area contributed by atoms with Crippen molar-refractivity contribution in [2.45, 2.75) is 13.3 Å². The first-order valence-electron chi connectivity index (χ1n) is 7.91. The van der Waals surface area contributed by atoms with E-state index in [1.54, 1.807) is 31.2 Å². The molecule has 0 atom stereocenters. The SMILES string of the molecule is CC(=N)Nc1ccc2oc(-c3ccc4c(c3)CCO4)c(O)c(=O)c2c1. The molecule has 3 N–H and O–H groups in total. The highest BCUT2D eigenvalue weighted by molar-refractivity contribution is 5.94. The van der Waals surface area contributed by atoms with E-state index in [4.69, 9.17) is 14.6 Å². The van der Waals surface area contributed by atoms with Crippen molar-refractivity contribution in [3.8, 4) is 22.8 Å². The van der Waals surface area contributed by atoms with E-state index in [9.17, 15) is 9.90 Å². The van der Waals surface area contributed by atoms with Crippen LogP contribution in [-0.4, -0.2) is 17.5 Å². The minimum atomic E-state index is -0.501. The van der Waals surface area contributed by atoms with Gasteiger partial charge in [0.05, 0.1) is 17.8 Å². The summed E-state index contributed by atoms with van der Waals surface area (Å²) in [5.74, 6) is 0.806. The molecule has 6 heteroatoms. The molecule has 1 aliphatic rings. The molecule has 0 saturated carbocycles. The number of ether oxygens (including phenoxy) is 1. The van der Waals surface area contributed by atoms with Gasteiger partial charge in [-0.15, -0.1) is 0 Å². The standard InChI is InChI=1S/C19H16N2O4/c1-10(20)21-13-3-5-16-14(9-13)17(22)18(23)19(25-16)12-2-4-15-11(8-12)6-7-24-15/h2-5,8-9,23H,6-7H2,1H3,(H2,20,21). The number of aromatic hydroxyl groups is 1. The fourth-order valence-electron chi connectivity index (χ4n) is 3.00. The number of hydrogen-bond donors (Lipinski definition) is 3. The third-order valence-corrected chi connectivity index (χ3v) is 4.15. The van der Waals surface area contributed by atoms with E-state index in [1.807, 2.05) is 12.1 Å². The second-order valence-electron chi connectivity index (χ2n) is 5.99. The second-order valence-corrected chi connectivity index (χ2v) is 5.99. The fraction of sp³-hybridized carbons (Fsp3) is 0.158. The molecule has 0 bridgehead atoms. The predicted octanol–water partition coefficient (Wildman–Crippen LogP) is 3.51. The number of benzene rings is 2. The van der Waals surface area contributed by atoms with Gasteiger partial charge in [-0.05, 0) is 48.9 Å². The van der Waals surface area contributed by atoms with Crippen LogP contribution in [0.25, 0.3) is 22.3 Å². The summed E-state index contributed by atoms with van der Waals surface area (Å²) >= 11 is 0. The van der Waals surface area contributed by atoms with Gasteiger partial charge in [0, 0.05) is 17.7 Å². The highest BCUT2D eigenvalue weighted by Crippen LogP contribution is 2.35. The van der Waals surface area contributed by atoms with Gasteiger partial charge in [0.1, 0.15) is 11.3 Å². The molecule has 2 aromatic carbocycles. The number of amidine groups is 1. The first-order valence-corrected chi connectivity index (χ1v) is 7.91. The minimum absolute atomic E-state index is 0.149. The van der Waals surface area contributed by atoms with Crippen LogP contribution in [0.4, 0.5) is 5.69 Å². The number of nitrogens with one attached hydrogen (secondary N) is 2. The van der Waals surface area contributed by atoms with E-state index in [2.05, 4.69) is 5.32 Å². The molecule has 1 aromatic heterocycles. The van der Waals surface area contributed by atoms with Crippen LogP contribution in [0, 0.1) is 5.41 Å². The minimum Gasteiger partial charge on any atom is -0.502 e. The molecule has 25 heavy (non-hydrogen) atoms. The van der Waals surface area contributed by atoms with E-state index in [1.165, 1.54) is 0 Å². The number of anilines is 1. The average molecular weight is 336 g/mol. The van der Waals surface area contributed by atoms with Gasteiger partial charge in [-0.3, -0.25) is 10.2 Å². The maximum absolute atomic E-state index is 12.6. The third-order valence-electron chi connectivity index (χ3n) is 4.15. The fourth-order valence-corrected chi connectivity index (χ4v) is 3.00. The maximum Gasteiger partial charge on any atom is 0.235 e. The number of rotatable bonds is 2. The van der Waals surface area contributed by atoms with Crippen LogP contribution < -0.4 is 15.5 Å². The third kappa shape index (κ3) is 2.61. The van der Waals surface area contributed by atoms with Crippen molar-refractivity contribution in [1.29, 1.82) is 5.41 Å². The van der Waals surface area contributed by atoms with Gasteiger partial charge in [-0.2, -0.15) is 0 Å². The van der Waals surface area contributed by atoms with Gasteiger partial charge in [0.25, 0.3) is 0 Å². The first-order chi connectivity index (χ1) is 12.0. The molecule has 126 valence electrons. The highest BCUT2D eigenvalue weighted by atomic mass is 16.5. The molecule has 0 fully saturated rings. The molecular weight excluding hydrogens is 320 g/mol. The summed E-state index contributed by atoms with van der Waals surface area (Å²) < 4.78 is 11.3. The molecule has 2 heterocycles. The number of hydrogen-bond acceptors (Lipinski definition) is 5. The quantitative estimate of drug-likeness (QED) is 0.492. The van der Waals surface area contributed by atoms with E-state index in [0.29, 0.717) is 23.4 Å². The van der Waals surface area contributed by atoms with Crippen LogP contribution in [-0.2, 0) is 6.42 Å². The summed E-state index contributed by atoms with van der Waals surface area (Å²) in [6.45, 7) is 2.24. The van der Waals surface area contributed by atoms with Crippen molar-refractivity contribution in [3.05, 3.63) is 52.2 Å². The van der Waals surface area contributed by atoms with Crippen LogP contribution in [0.3, 0.4) is 0 Å². The van der Waals surface area contributed by atoms with Crippen molar-refractivity contribution in [2.24, 2.45) is 0 Å². The Kier molecular flexibility index (Phi) is 3.46. The van der Waals surface area contributed by atoms with Crippen molar-refractivity contribution in [2.75, 3.05) is 11.9 Å². The Labute approximate surface area is 143 Å². The normalized spacial score (nSPS) is 12.7. The second kappa shape index (κ2) is 5.66. The molecule has 0 unspecified atom stereocenters. The molecule has 0 radical (unpaired) electrons. The summed E-state index contributed by atoms with van der Waals surface area (Å²) in [6.07, 6.45) is 0.791. The Morgan fingerprint density at radius 1 is 1.24 bits per heavy atom. The average Bonchev–Trinajstić information content (AvgIpc) is 3.05. The monoisotopic (exact) mass is 336 g/mol. The van der Waals surface area contributed by atoms with Crippen LogP contribution in [0.15, 0.2) is 45.6 Å². The largest absolute Gasteiger partial charge is 0.502 e. The summed E-state index contributed by atoms with van der Waals surface area (Å²) in [4.78, 5) is 12.6.